The molecule has 1 heterocycles. The number of pyridine rings is 1. The molecule has 0 amide bonds. The minimum absolute atomic E-state index is 0.0136. The van der Waals surface area contributed by atoms with Gasteiger partial charge in [-0.15, -0.1) is 13.2 Å². The van der Waals surface area contributed by atoms with E-state index < -0.39 is 12.1 Å². The van der Waals surface area contributed by atoms with Crippen LogP contribution in [0.25, 0.3) is 0 Å². The number of hydrogen-bond donors (Lipinski definition) is 2. The van der Waals surface area contributed by atoms with Gasteiger partial charge in [0.15, 0.2) is 10.4 Å². The first-order chi connectivity index (χ1) is 6.85. The predicted molar refractivity (Wildman–Crippen MR) is 50.9 cm³/mol. The lowest BCUT2D eigenvalue weighted by Crippen LogP contribution is -2.19. The molecule has 0 aliphatic carbocycles. The molecule has 0 saturated heterocycles. The quantitative estimate of drug-likeness (QED) is 0.813. The van der Waals surface area contributed by atoms with E-state index >= 15 is 0 Å². The number of anilines is 1. The highest BCUT2D eigenvalue weighted by atomic mass is 79.9. The average Bonchev–Trinajstić information content (AvgIpc) is 2.11. The van der Waals surface area contributed by atoms with Crippen molar-refractivity contribution in [1.82, 2.24) is 4.98 Å². The van der Waals surface area contributed by atoms with Crippen molar-refractivity contribution in [2.45, 2.75) is 12.9 Å². The Morgan fingerprint density at radius 3 is 2.53 bits per heavy atom. The van der Waals surface area contributed by atoms with E-state index in [1.54, 1.807) is 0 Å². The molecule has 0 atom stereocenters. The number of aromatic nitrogens is 1. The van der Waals surface area contributed by atoms with Crippen LogP contribution in [0.5, 0.6) is 5.75 Å². The second-order valence-electron chi connectivity index (χ2n) is 2.57. The molecule has 0 saturated carbocycles. The molecule has 15 heavy (non-hydrogen) atoms. The van der Waals surface area contributed by atoms with Gasteiger partial charge >= 0.3 is 6.36 Å². The fraction of sp³-hybridized carbons (Fsp3) is 0.286. The molecule has 1 aromatic heterocycles. The molecule has 4 N–H and O–H groups in total. The summed E-state index contributed by atoms with van der Waals surface area (Å²) in [5, 5.41) is 0. The Morgan fingerprint density at radius 1 is 1.47 bits per heavy atom. The first-order valence-corrected chi connectivity index (χ1v) is 4.53. The highest BCUT2D eigenvalue weighted by molar-refractivity contribution is 9.10. The van der Waals surface area contributed by atoms with Gasteiger partial charge in [0.1, 0.15) is 0 Å². The molecule has 0 aliphatic heterocycles. The van der Waals surface area contributed by atoms with Crippen LogP contribution in [-0.2, 0) is 6.54 Å². The van der Waals surface area contributed by atoms with Gasteiger partial charge in [-0.2, -0.15) is 0 Å². The number of ether oxygens (including phenoxy) is 1. The van der Waals surface area contributed by atoms with Crippen molar-refractivity contribution in [3.05, 3.63) is 16.4 Å². The van der Waals surface area contributed by atoms with E-state index in [0.29, 0.717) is 0 Å². The van der Waals surface area contributed by atoms with Crippen molar-refractivity contribution in [2.24, 2.45) is 5.73 Å². The summed E-state index contributed by atoms with van der Waals surface area (Å²) in [5.41, 5.74) is 10.8. The van der Waals surface area contributed by atoms with E-state index in [9.17, 15) is 13.2 Å². The second kappa shape index (κ2) is 4.23. The van der Waals surface area contributed by atoms with E-state index in [-0.39, 0.29) is 22.4 Å². The van der Waals surface area contributed by atoms with Crippen molar-refractivity contribution in [2.75, 3.05) is 5.73 Å². The lowest BCUT2D eigenvalue weighted by Gasteiger charge is -2.13. The van der Waals surface area contributed by atoms with Crippen LogP contribution < -0.4 is 16.2 Å². The van der Waals surface area contributed by atoms with Crippen LogP contribution >= 0.6 is 15.9 Å². The number of nitrogens with zero attached hydrogens (tertiary/aromatic N) is 1. The van der Waals surface area contributed by atoms with Crippen molar-refractivity contribution < 1.29 is 17.9 Å². The molecule has 0 aromatic carbocycles. The molecular formula is C7H7BrF3N3O. The Kier molecular flexibility index (Phi) is 3.40. The third-order valence-electron chi connectivity index (χ3n) is 1.55. The Labute approximate surface area is 91.5 Å². The van der Waals surface area contributed by atoms with Crippen LogP contribution in [0.15, 0.2) is 10.8 Å². The molecule has 8 heteroatoms. The molecule has 0 fully saturated rings. The largest absolute Gasteiger partial charge is 0.573 e. The van der Waals surface area contributed by atoms with Crippen molar-refractivity contribution >= 4 is 21.6 Å². The van der Waals surface area contributed by atoms with Crippen LogP contribution in [0.4, 0.5) is 18.9 Å². The molecule has 0 radical (unpaired) electrons. The van der Waals surface area contributed by atoms with E-state index in [1.807, 2.05) is 0 Å². The van der Waals surface area contributed by atoms with Crippen LogP contribution in [0.2, 0.25) is 0 Å². The van der Waals surface area contributed by atoms with Crippen LogP contribution in [0, 0.1) is 0 Å². The summed E-state index contributed by atoms with van der Waals surface area (Å²) in [6, 6.07) is 0. The van der Waals surface area contributed by atoms with Crippen molar-refractivity contribution in [3.8, 4) is 5.75 Å². The van der Waals surface area contributed by atoms with E-state index in [1.165, 1.54) is 6.20 Å². The zero-order valence-electron chi connectivity index (χ0n) is 7.31. The van der Waals surface area contributed by atoms with E-state index in [4.69, 9.17) is 11.5 Å². The fourth-order valence-corrected chi connectivity index (χ4v) is 1.29. The molecule has 0 unspecified atom stereocenters. The minimum atomic E-state index is -4.81. The van der Waals surface area contributed by atoms with Crippen LogP contribution in [-0.4, -0.2) is 11.3 Å². The zero-order valence-corrected chi connectivity index (χ0v) is 8.89. The first kappa shape index (κ1) is 12.1. The van der Waals surface area contributed by atoms with Gasteiger partial charge in [-0.25, -0.2) is 4.98 Å². The van der Waals surface area contributed by atoms with Gasteiger partial charge in [-0.05, 0) is 15.9 Å². The molecule has 0 spiro atoms. The number of nitrogen functional groups attached to an aromatic ring is 1. The molecule has 84 valence electrons. The van der Waals surface area contributed by atoms with Gasteiger partial charge in [0.25, 0.3) is 0 Å². The number of halogens is 4. The third-order valence-corrected chi connectivity index (χ3v) is 2.11. The number of alkyl halides is 3. The summed E-state index contributed by atoms with van der Waals surface area (Å²) in [7, 11) is 0. The maximum atomic E-state index is 12.0. The molecule has 0 aliphatic rings. The summed E-state index contributed by atoms with van der Waals surface area (Å²) in [6.07, 6.45) is -3.53. The minimum Gasteiger partial charge on any atom is -0.401 e. The summed E-state index contributed by atoms with van der Waals surface area (Å²) >= 11 is 2.81. The van der Waals surface area contributed by atoms with Crippen molar-refractivity contribution in [1.29, 1.82) is 0 Å². The summed E-state index contributed by atoms with van der Waals surface area (Å²) < 4.78 is 39.5. The third kappa shape index (κ3) is 2.96. The Hall–Kier alpha value is -1.02. The smallest absolute Gasteiger partial charge is 0.401 e. The Bertz CT molecular complexity index is 369. The number of rotatable bonds is 2. The Morgan fingerprint density at radius 2 is 2.07 bits per heavy atom. The van der Waals surface area contributed by atoms with Gasteiger partial charge in [-0.3, -0.25) is 0 Å². The fourth-order valence-electron chi connectivity index (χ4n) is 0.895. The van der Waals surface area contributed by atoms with Gasteiger partial charge in [0.2, 0.25) is 0 Å². The predicted octanol–water partition coefficient (Wildman–Crippen LogP) is 1.78. The topological polar surface area (TPSA) is 74.2 Å². The normalized spacial score (nSPS) is 11.5. The Balaban J connectivity index is 3.15. The molecule has 4 nitrogen and oxygen atoms in total. The maximum absolute atomic E-state index is 12.0. The zero-order chi connectivity index (χ0) is 11.6. The molecule has 1 aromatic rings. The summed E-state index contributed by atoms with van der Waals surface area (Å²) in [4.78, 5) is 3.63. The molecular weight excluding hydrogens is 279 g/mol. The molecule has 1 rings (SSSR count). The van der Waals surface area contributed by atoms with E-state index in [0.717, 1.165) is 0 Å². The van der Waals surface area contributed by atoms with Gasteiger partial charge in [0.05, 0.1) is 5.69 Å². The second-order valence-corrected chi connectivity index (χ2v) is 3.32. The standard InChI is InChI=1S/C7H7BrF3N3O/c8-6-5(15-7(9,10)11)4(13)3(1-12)2-14-6/h2H,1,12H2,(H2,13,14). The van der Waals surface area contributed by atoms with Crippen molar-refractivity contribution in [3.63, 3.8) is 0 Å². The van der Waals surface area contributed by atoms with Crippen LogP contribution in [0.3, 0.4) is 0 Å². The number of nitrogens with two attached hydrogens (primary N) is 2. The number of hydrogen-bond acceptors (Lipinski definition) is 4. The van der Waals surface area contributed by atoms with Gasteiger partial charge in [0, 0.05) is 18.3 Å². The first-order valence-electron chi connectivity index (χ1n) is 3.74. The highest BCUT2D eigenvalue weighted by Crippen LogP contribution is 2.35. The molecule has 0 bridgehead atoms. The van der Waals surface area contributed by atoms with Crippen LogP contribution in [0.1, 0.15) is 5.56 Å². The van der Waals surface area contributed by atoms with E-state index in [2.05, 4.69) is 25.7 Å². The average molecular weight is 286 g/mol. The maximum Gasteiger partial charge on any atom is 0.573 e. The summed E-state index contributed by atoms with van der Waals surface area (Å²) in [5.74, 6) is -0.564. The van der Waals surface area contributed by atoms with Gasteiger partial charge < -0.3 is 16.2 Å². The lowest BCUT2D eigenvalue weighted by molar-refractivity contribution is -0.274. The lowest BCUT2D eigenvalue weighted by atomic mass is 10.2. The monoisotopic (exact) mass is 285 g/mol. The highest BCUT2D eigenvalue weighted by Gasteiger charge is 2.33. The SMILES string of the molecule is NCc1cnc(Br)c(OC(F)(F)F)c1N. The van der Waals surface area contributed by atoms with Gasteiger partial charge in [-0.1, -0.05) is 0 Å². The summed E-state index contributed by atoms with van der Waals surface area (Å²) in [6.45, 7) is -0.0136.